The zero-order valence-electron chi connectivity index (χ0n) is 9.41. The number of hydrogen-bond acceptors (Lipinski definition) is 2. The van der Waals surface area contributed by atoms with Crippen LogP contribution in [-0.2, 0) is 0 Å². The van der Waals surface area contributed by atoms with Gasteiger partial charge in [-0.15, -0.1) is 0 Å². The van der Waals surface area contributed by atoms with E-state index in [1.807, 2.05) is 27.7 Å². The molecule has 1 aliphatic carbocycles. The van der Waals surface area contributed by atoms with E-state index in [-0.39, 0.29) is 11.8 Å². The second kappa shape index (κ2) is 3.77. The second-order valence-electron chi connectivity index (χ2n) is 4.72. The van der Waals surface area contributed by atoms with Crippen molar-refractivity contribution in [2.45, 2.75) is 39.7 Å². The van der Waals surface area contributed by atoms with Crippen molar-refractivity contribution in [3.05, 3.63) is 23.5 Å². The van der Waals surface area contributed by atoms with E-state index in [0.29, 0.717) is 12.2 Å². The second-order valence-corrected chi connectivity index (χ2v) is 4.72. The first-order valence-electron chi connectivity index (χ1n) is 5.20. The molecule has 14 heavy (non-hydrogen) atoms. The average molecular weight is 196 g/mol. The van der Waals surface area contributed by atoms with Crippen LogP contribution in [-0.4, -0.2) is 15.8 Å². The summed E-state index contributed by atoms with van der Waals surface area (Å²) in [6, 6.07) is 0. The quantitative estimate of drug-likeness (QED) is 0.713. The number of hydrogen-bond donors (Lipinski definition) is 2. The van der Waals surface area contributed by atoms with Crippen molar-refractivity contribution in [2.24, 2.45) is 11.8 Å². The van der Waals surface area contributed by atoms with Crippen molar-refractivity contribution in [3.63, 3.8) is 0 Å². The minimum Gasteiger partial charge on any atom is -0.508 e. The fourth-order valence-electron chi connectivity index (χ4n) is 1.68. The molecule has 0 saturated carbocycles. The van der Waals surface area contributed by atoms with Crippen molar-refractivity contribution < 1.29 is 10.2 Å². The summed E-state index contributed by atoms with van der Waals surface area (Å²) >= 11 is 0. The molecule has 0 radical (unpaired) electrons. The van der Waals surface area contributed by atoms with Gasteiger partial charge in [-0.2, -0.15) is 0 Å². The third-order valence-electron chi connectivity index (χ3n) is 3.03. The van der Waals surface area contributed by atoms with E-state index >= 15 is 0 Å². The van der Waals surface area contributed by atoms with Gasteiger partial charge < -0.3 is 10.2 Å². The monoisotopic (exact) mass is 196 g/mol. The molecule has 1 unspecified atom stereocenters. The summed E-state index contributed by atoms with van der Waals surface area (Å²) in [6.07, 6.45) is 3.88. The van der Waals surface area contributed by atoms with E-state index < -0.39 is 5.60 Å². The van der Waals surface area contributed by atoms with Crippen LogP contribution in [0.3, 0.4) is 0 Å². The van der Waals surface area contributed by atoms with Gasteiger partial charge in [-0.3, -0.25) is 0 Å². The topological polar surface area (TPSA) is 40.5 Å². The van der Waals surface area contributed by atoms with Crippen LogP contribution >= 0.6 is 0 Å². The Bertz CT molecular complexity index is 274. The highest BCUT2D eigenvalue weighted by atomic mass is 16.3. The van der Waals surface area contributed by atoms with Gasteiger partial charge in [0, 0.05) is 6.42 Å². The van der Waals surface area contributed by atoms with E-state index in [0.717, 1.165) is 5.57 Å². The SMILES string of the molecule is CC(C)C1=C(O)C=CC(O)(C(C)C)C1. The van der Waals surface area contributed by atoms with Crippen LogP contribution in [0.1, 0.15) is 34.1 Å². The van der Waals surface area contributed by atoms with Crippen molar-refractivity contribution in [2.75, 3.05) is 0 Å². The predicted octanol–water partition coefficient (Wildman–Crippen LogP) is 2.80. The summed E-state index contributed by atoms with van der Waals surface area (Å²) in [5.74, 6) is 0.774. The lowest BCUT2D eigenvalue weighted by molar-refractivity contribution is 0.0381. The highest BCUT2D eigenvalue weighted by Crippen LogP contribution is 2.35. The van der Waals surface area contributed by atoms with Gasteiger partial charge in [0.1, 0.15) is 5.76 Å². The number of allylic oxidation sites excluding steroid dienone is 1. The summed E-state index contributed by atoms with van der Waals surface area (Å²) in [4.78, 5) is 0. The normalized spacial score (nSPS) is 27.9. The molecule has 2 nitrogen and oxygen atoms in total. The zero-order chi connectivity index (χ0) is 10.9. The van der Waals surface area contributed by atoms with Gasteiger partial charge in [0.2, 0.25) is 0 Å². The molecule has 1 rings (SSSR count). The highest BCUT2D eigenvalue weighted by molar-refractivity contribution is 5.31. The number of aliphatic hydroxyl groups excluding tert-OH is 1. The van der Waals surface area contributed by atoms with Crippen LogP contribution in [0, 0.1) is 11.8 Å². The van der Waals surface area contributed by atoms with Crippen LogP contribution in [0.15, 0.2) is 23.5 Å². The Hall–Kier alpha value is -0.760. The van der Waals surface area contributed by atoms with Crippen molar-refractivity contribution in [3.8, 4) is 0 Å². The van der Waals surface area contributed by atoms with Gasteiger partial charge in [-0.1, -0.05) is 27.7 Å². The molecular weight excluding hydrogens is 176 g/mol. The Morgan fingerprint density at radius 2 is 1.86 bits per heavy atom. The molecule has 0 aromatic heterocycles. The molecule has 0 fully saturated rings. The average Bonchev–Trinajstić information content (AvgIpc) is 2.09. The molecule has 0 bridgehead atoms. The van der Waals surface area contributed by atoms with Gasteiger partial charge in [0.05, 0.1) is 5.60 Å². The summed E-state index contributed by atoms with van der Waals surface area (Å²) in [5.41, 5.74) is 0.162. The lowest BCUT2D eigenvalue weighted by atomic mass is 9.78. The first kappa shape index (κ1) is 11.3. The van der Waals surface area contributed by atoms with Gasteiger partial charge >= 0.3 is 0 Å². The van der Waals surface area contributed by atoms with Crippen LogP contribution in [0.25, 0.3) is 0 Å². The maximum atomic E-state index is 10.3. The van der Waals surface area contributed by atoms with E-state index in [1.54, 1.807) is 12.2 Å². The van der Waals surface area contributed by atoms with Crippen LogP contribution in [0.5, 0.6) is 0 Å². The fourth-order valence-corrected chi connectivity index (χ4v) is 1.68. The number of aliphatic hydroxyl groups is 2. The molecular formula is C12H20O2. The lowest BCUT2D eigenvalue weighted by Crippen LogP contribution is -2.35. The summed E-state index contributed by atoms with van der Waals surface area (Å²) < 4.78 is 0. The van der Waals surface area contributed by atoms with Gasteiger partial charge in [-0.25, -0.2) is 0 Å². The molecule has 0 aromatic rings. The third kappa shape index (κ3) is 2.01. The molecule has 1 atom stereocenters. The van der Waals surface area contributed by atoms with Gasteiger partial charge in [-0.05, 0) is 29.6 Å². The third-order valence-corrected chi connectivity index (χ3v) is 3.03. The molecule has 0 aromatic carbocycles. The summed E-state index contributed by atoms with van der Waals surface area (Å²) in [5, 5.41) is 19.9. The molecule has 2 N–H and O–H groups in total. The first-order chi connectivity index (χ1) is 6.37. The first-order valence-corrected chi connectivity index (χ1v) is 5.20. The maximum absolute atomic E-state index is 10.3. The van der Waals surface area contributed by atoms with Crippen molar-refractivity contribution >= 4 is 0 Å². The molecule has 0 amide bonds. The highest BCUT2D eigenvalue weighted by Gasteiger charge is 2.33. The minimum atomic E-state index is -0.786. The fraction of sp³-hybridized carbons (Fsp3) is 0.667. The van der Waals surface area contributed by atoms with E-state index in [9.17, 15) is 10.2 Å². The Labute approximate surface area is 86.0 Å². The Morgan fingerprint density at radius 3 is 2.29 bits per heavy atom. The molecule has 0 saturated heterocycles. The molecule has 80 valence electrons. The van der Waals surface area contributed by atoms with E-state index in [4.69, 9.17) is 0 Å². The molecule has 0 heterocycles. The Kier molecular flexibility index (Phi) is 3.05. The number of rotatable bonds is 2. The summed E-state index contributed by atoms with van der Waals surface area (Å²) in [7, 11) is 0. The van der Waals surface area contributed by atoms with Crippen LogP contribution < -0.4 is 0 Å². The van der Waals surface area contributed by atoms with Crippen LogP contribution in [0.2, 0.25) is 0 Å². The molecule has 1 aliphatic rings. The van der Waals surface area contributed by atoms with E-state index in [2.05, 4.69) is 0 Å². The van der Waals surface area contributed by atoms with Gasteiger partial charge in [0.15, 0.2) is 0 Å². The Balaban J connectivity index is 2.95. The standard InChI is InChI=1S/C12H20O2/c1-8(2)10-7-12(14,9(3)4)6-5-11(10)13/h5-6,8-9,13-14H,7H2,1-4H3. The van der Waals surface area contributed by atoms with Crippen molar-refractivity contribution in [1.29, 1.82) is 0 Å². The molecule has 0 aliphatic heterocycles. The molecule has 2 heteroatoms. The minimum absolute atomic E-state index is 0.167. The largest absolute Gasteiger partial charge is 0.508 e. The maximum Gasteiger partial charge on any atom is 0.114 e. The Morgan fingerprint density at radius 1 is 1.29 bits per heavy atom. The predicted molar refractivity (Wildman–Crippen MR) is 58.0 cm³/mol. The zero-order valence-corrected chi connectivity index (χ0v) is 9.41. The van der Waals surface area contributed by atoms with E-state index in [1.165, 1.54) is 0 Å². The van der Waals surface area contributed by atoms with Crippen molar-refractivity contribution in [1.82, 2.24) is 0 Å². The smallest absolute Gasteiger partial charge is 0.114 e. The lowest BCUT2D eigenvalue weighted by Gasteiger charge is -2.34. The van der Waals surface area contributed by atoms with Gasteiger partial charge in [0.25, 0.3) is 0 Å². The summed E-state index contributed by atoms with van der Waals surface area (Å²) in [6.45, 7) is 8.05. The van der Waals surface area contributed by atoms with Crippen LogP contribution in [0.4, 0.5) is 0 Å². The molecule has 0 spiro atoms.